The summed E-state index contributed by atoms with van der Waals surface area (Å²) in [6.45, 7) is 5.26. The highest BCUT2D eigenvalue weighted by Gasteiger charge is 2.23. The maximum Gasteiger partial charge on any atom is 0.243 e. The Morgan fingerprint density at radius 2 is 2.00 bits per heavy atom. The molecule has 0 unspecified atom stereocenters. The first-order valence-electron chi connectivity index (χ1n) is 8.65. The van der Waals surface area contributed by atoms with E-state index in [0.717, 1.165) is 18.7 Å². The van der Waals surface area contributed by atoms with Gasteiger partial charge in [-0.3, -0.25) is 4.90 Å². The van der Waals surface area contributed by atoms with Gasteiger partial charge < -0.3 is 14.8 Å². The zero-order valence-corrected chi connectivity index (χ0v) is 15.0. The first kappa shape index (κ1) is 17.4. The van der Waals surface area contributed by atoms with Crippen LogP contribution in [0, 0.1) is 0 Å². The van der Waals surface area contributed by atoms with E-state index in [9.17, 15) is 0 Å². The van der Waals surface area contributed by atoms with Gasteiger partial charge in [0.25, 0.3) is 0 Å². The van der Waals surface area contributed by atoms with Crippen LogP contribution in [0.3, 0.4) is 0 Å². The molecular weight excluding hydrogens is 318 g/mol. The minimum atomic E-state index is 0.522. The summed E-state index contributed by atoms with van der Waals surface area (Å²) in [7, 11) is 3.26. The second-order valence-corrected chi connectivity index (χ2v) is 6.01. The Morgan fingerprint density at radius 3 is 2.68 bits per heavy atom. The Labute approximate surface area is 148 Å². The third kappa shape index (κ3) is 3.82. The van der Waals surface area contributed by atoms with E-state index >= 15 is 0 Å². The van der Waals surface area contributed by atoms with E-state index in [0.29, 0.717) is 29.2 Å². The summed E-state index contributed by atoms with van der Waals surface area (Å²) in [5.41, 5.74) is 1.45. The number of likely N-dealkylation sites (N-methyl/N-ethyl adjacent to an activating group) is 1. The van der Waals surface area contributed by atoms with Crippen LogP contribution in [0.1, 0.15) is 19.8 Å². The quantitative estimate of drug-likeness (QED) is 0.828. The Hall–Kier alpha value is -2.41. The minimum Gasteiger partial charge on any atom is -0.496 e. The van der Waals surface area contributed by atoms with E-state index in [4.69, 9.17) is 9.47 Å². The van der Waals surface area contributed by atoms with E-state index in [2.05, 4.69) is 32.3 Å². The number of benzene rings is 1. The van der Waals surface area contributed by atoms with Gasteiger partial charge in [0.2, 0.25) is 5.95 Å². The molecule has 1 aliphatic heterocycles. The van der Waals surface area contributed by atoms with Gasteiger partial charge in [0.05, 0.1) is 26.0 Å². The minimum absolute atomic E-state index is 0.522. The zero-order valence-electron chi connectivity index (χ0n) is 15.0. The lowest BCUT2D eigenvalue weighted by molar-refractivity contribution is 0.276. The molecule has 1 fully saturated rings. The van der Waals surface area contributed by atoms with Crippen molar-refractivity contribution in [1.29, 1.82) is 0 Å². The van der Waals surface area contributed by atoms with E-state index in [1.165, 1.54) is 19.4 Å². The van der Waals surface area contributed by atoms with Gasteiger partial charge in [-0.2, -0.15) is 5.10 Å². The van der Waals surface area contributed by atoms with Crippen molar-refractivity contribution in [3.63, 3.8) is 0 Å². The summed E-state index contributed by atoms with van der Waals surface area (Å²) >= 11 is 0. The molecule has 0 amide bonds. The molecule has 0 spiro atoms. The molecule has 2 aromatic rings. The molecule has 7 nitrogen and oxygen atoms in total. The van der Waals surface area contributed by atoms with E-state index in [1.54, 1.807) is 20.4 Å². The van der Waals surface area contributed by atoms with Gasteiger partial charge in [-0.15, -0.1) is 5.10 Å². The number of nitrogens with one attached hydrogen (secondary N) is 1. The van der Waals surface area contributed by atoms with Crippen molar-refractivity contribution < 1.29 is 9.47 Å². The van der Waals surface area contributed by atoms with E-state index in [1.807, 2.05) is 18.2 Å². The van der Waals surface area contributed by atoms with Gasteiger partial charge in [0, 0.05) is 12.6 Å². The zero-order chi connectivity index (χ0) is 17.6. The van der Waals surface area contributed by atoms with E-state index in [-0.39, 0.29) is 0 Å². The number of anilines is 1. The highest BCUT2D eigenvalue weighted by atomic mass is 16.5. The fourth-order valence-corrected chi connectivity index (χ4v) is 3.35. The number of rotatable bonds is 7. The van der Waals surface area contributed by atoms with Crippen molar-refractivity contribution >= 4 is 5.95 Å². The molecule has 2 heterocycles. The van der Waals surface area contributed by atoms with Crippen molar-refractivity contribution in [2.24, 2.45) is 0 Å². The average molecular weight is 343 g/mol. The lowest BCUT2D eigenvalue weighted by Crippen LogP contribution is -2.35. The van der Waals surface area contributed by atoms with Gasteiger partial charge in [-0.25, -0.2) is 4.98 Å². The maximum absolute atomic E-state index is 5.46. The molecule has 0 radical (unpaired) electrons. The molecule has 1 saturated heterocycles. The van der Waals surface area contributed by atoms with Crippen LogP contribution in [0.2, 0.25) is 0 Å². The summed E-state index contributed by atoms with van der Waals surface area (Å²) in [5, 5.41) is 11.5. The van der Waals surface area contributed by atoms with Crippen molar-refractivity contribution in [3.05, 3.63) is 24.4 Å². The van der Waals surface area contributed by atoms with Gasteiger partial charge in [-0.05, 0) is 38.1 Å². The van der Waals surface area contributed by atoms with Crippen molar-refractivity contribution in [2.75, 3.05) is 39.2 Å². The fraction of sp³-hybridized carbons (Fsp3) is 0.500. The predicted molar refractivity (Wildman–Crippen MR) is 97.1 cm³/mol. The second kappa shape index (κ2) is 8.11. The van der Waals surface area contributed by atoms with Crippen LogP contribution in [0.25, 0.3) is 11.3 Å². The standard InChI is InChI=1S/C18H25N5O2/c1-4-23-10-6-7-13(23)11-19-18-21-14(12-20-22-18)17-15(24-2)8-5-9-16(17)25-3/h5,8-9,12-13H,4,6-7,10-11H2,1-3H3,(H,19,21,22)/t13-/m0/s1. The molecule has 1 aliphatic rings. The topological polar surface area (TPSA) is 72.4 Å². The number of ether oxygens (including phenoxy) is 2. The SMILES string of the molecule is CCN1CCC[C@H]1CNc1nncc(-c2c(OC)cccc2OC)n1. The monoisotopic (exact) mass is 343 g/mol. The van der Waals surface area contributed by atoms with Crippen LogP contribution in [0.4, 0.5) is 5.95 Å². The molecule has 1 aromatic heterocycles. The first-order valence-corrected chi connectivity index (χ1v) is 8.65. The molecule has 0 saturated carbocycles. The van der Waals surface area contributed by atoms with Crippen LogP contribution in [-0.4, -0.2) is 60.0 Å². The Kier molecular flexibility index (Phi) is 5.65. The molecular formula is C18H25N5O2. The highest BCUT2D eigenvalue weighted by molar-refractivity contribution is 5.74. The average Bonchev–Trinajstić information content (AvgIpc) is 3.13. The number of hydrogen-bond acceptors (Lipinski definition) is 7. The molecule has 0 aliphatic carbocycles. The highest BCUT2D eigenvalue weighted by Crippen LogP contribution is 2.36. The first-order chi connectivity index (χ1) is 12.3. The number of methoxy groups -OCH3 is 2. The van der Waals surface area contributed by atoms with Crippen molar-refractivity contribution in [3.8, 4) is 22.8 Å². The summed E-state index contributed by atoms with van der Waals surface area (Å²) in [4.78, 5) is 7.09. The van der Waals surface area contributed by atoms with Crippen LogP contribution < -0.4 is 14.8 Å². The Bertz CT molecular complexity index is 687. The molecule has 134 valence electrons. The maximum atomic E-state index is 5.46. The molecule has 1 N–H and O–H groups in total. The van der Waals surface area contributed by atoms with Gasteiger partial charge in [-0.1, -0.05) is 13.0 Å². The molecule has 25 heavy (non-hydrogen) atoms. The van der Waals surface area contributed by atoms with Crippen LogP contribution in [-0.2, 0) is 0 Å². The molecule has 1 aromatic carbocycles. The van der Waals surface area contributed by atoms with Crippen LogP contribution in [0.5, 0.6) is 11.5 Å². The molecule has 1 atom stereocenters. The third-order valence-corrected chi connectivity index (χ3v) is 4.64. The van der Waals surface area contributed by atoms with Gasteiger partial charge in [0.15, 0.2) is 0 Å². The van der Waals surface area contributed by atoms with Crippen LogP contribution in [0.15, 0.2) is 24.4 Å². The lowest BCUT2D eigenvalue weighted by Gasteiger charge is -2.22. The normalized spacial score (nSPS) is 17.5. The Morgan fingerprint density at radius 1 is 1.24 bits per heavy atom. The summed E-state index contributed by atoms with van der Waals surface area (Å²) < 4.78 is 10.9. The number of aromatic nitrogens is 3. The second-order valence-electron chi connectivity index (χ2n) is 6.01. The molecule has 3 rings (SSSR count). The van der Waals surface area contributed by atoms with Crippen LogP contribution >= 0.6 is 0 Å². The third-order valence-electron chi connectivity index (χ3n) is 4.64. The predicted octanol–water partition coefficient (Wildman–Crippen LogP) is 2.45. The van der Waals surface area contributed by atoms with Gasteiger partial charge >= 0.3 is 0 Å². The number of likely N-dealkylation sites (tertiary alicyclic amines) is 1. The molecule has 7 heteroatoms. The van der Waals surface area contributed by atoms with Gasteiger partial charge in [0.1, 0.15) is 17.2 Å². The number of nitrogens with zero attached hydrogens (tertiary/aromatic N) is 4. The smallest absolute Gasteiger partial charge is 0.243 e. The van der Waals surface area contributed by atoms with Crippen molar-refractivity contribution in [1.82, 2.24) is 20.1 Å². The molecule has 0 bridgehead atoms. The summed E-state index contributed by atoms with van der Waals surface area (Å²) in [6, 6.07) is 6.17. The number of hydrogen-bond donors (Lipinski definition) is 1. The fourth-order valence-electron chi connectivity index (χ4n) is 3.35. The Balaban J connectivity index is 1.80. The van der Waals surface area contributed by atoms with E-state index < -0.39 is 0 Å². The lowest BCUT2D eigenvalue weighted by atomic mass is 10.1. The summed E-state index contributed by atoms with van der Waals surface area (Å²) in [5.74, 6) is 1.91. The van der Waals surface area contributed by atoms with Crippen molar-refractivity contribution in [2.45, 2.75) is 25.8 Å². The summed E-state index contributed by atoms with van der Waals surface area (Å²) in [6.07, 6.45) is 4.07. The largest absolute Gasteiger partial charge is 0.496 e.